The van der Waals surface area contributed by atoms with Crippen LogP contribution in [-0.2, 0) is 9.53 Å². The van der Waals surface area contributed by atoms with Crippen LogP contribution < -0.4 is 15.5 Å². The lowest BCUT2D eigenvalue weighted by Gasteiger charge is -2.33. The minimum Gasteiger partial charge on any atom is -0.377 e. The number of ether oxygens (including phenoxy) is 1. The molecule has 2 N–H and O–H groups in total. The molecule has 8 nitrogen and oxygen atoms in total. The maximum atomic E-state index is 11.4. The summed E-state index contributed by atoms with van der Waals surface area (Å²) in [7, 11) is 3.58. The highest BCUT2D eigenvalue weighted by molar-refractivity contribution is 6.28. The molecule has 104 valence electrons. The fourth-order valence-corrected chi connectivity index (χ4v) is 1.89. The highest BCUT2D eigenvalue weighted by Crippen LogP contribution is 2.19. The maximum Gasteiger partial charge on any atom is 0.242 e. The van der Waals surface area contributed by atoms with Gasteiger partial charge in [-0.1, -0.05) is 0 Å². The van der Waals surface area contributed by atoms with Crippen LogP contribution in [0, 0.1) is 0 Å². The van der Waals surface area contributed by atoms with Gasteiger partial charge in [-0.05, 0) is 11.6 Å². The number of amides is 1. The van der Waals surface area contributed by atoms with E-state index in [2.05, 4.69) is 15.0 Å². The Balaban J connectivity index is 2.35. The number of primary amides is 1. The number of nitrogens with zero attached hydrogens (tertiary/aromatic N) is 5. The molecule has 0 saturated carbocycles. The molecule has 0 aromatic carbocycles. The summed E-state index contributed by atoms with van der Waals surface area (Å²) >= 11 is 5.88. The molecule has 1 fully saturated rings. The van der Waals surface area contributed by atoms with E-state index < -0.39 is 11.9 Å². The van der Waals surface area contributed by atoms with Gasteiger partial charge in [0.1, 0.15) is 6.04 Å². The summed E-state index contributed by atoms with van der Waals surface area (Å²) in [5.41, 5.74) is 5.36. The summed E-state index contributed by atoms with van der Waals surface area (Å²) in [6.07, 6.45) is 0. The Morgan fingerprint density at radius 2 is 2.21 bits per heavy atom. The van der Waals surface area contributed by atoms with Gasteiger partial charge < -0.3 is 20.3 Å². The number of hydrogen-bond acceptors (Lipinski definition) is 7. The van der Waals surface area contributed by atoms with Gasteiger partial charge in [-0.25, -0.2) is 0 Å². The largest absolute Gasteiger partial charge is 0.377 e. The third-order valence-electron chi connectivity index (χ3n) is 2.70. The summed E-state index contributed by atoms with van der Waals surface area (Å²) in [6, 6.07) is -0.595. The van der Waals surface area contributed by atoms with Gasteiger partial charge in [-0.3, -0.25) is 4.79 Å². The zero-order valence-corrected chi connectivity index (χ0v) is 11.5. The fourth-order valence-electron chi connectivity index (χ4n) is 1.74. The first-order valence-electron chi connectivity index (χ1n) is 5.71. The van der Waals surface area contributed by atoms with Crippen LogP contribution in [0.15, 0.2) is 0 Å². The van der Waals surface area contributed by atoms with Crippen molar-refractivity contribution in [1.29, 1.82) is 0 Å². The number of rotatable bonds is 3. The molecule has 2 heterocycles. The Labute approximate surface area is 115 Å². The van der Waals surface area contributed by atoms with Crippen molar-refractivity contribution in [3.63, 3.8) is 0 Å². The molecule has 9 heteroatoms. The lowest BCUT2D eigenvalue weighted by Crippen LogP contribution is -2.53. The average Bonchev–Trinajstić information content (AvgIpc) is 2.37. The molecular weight excluding hydrogens is 272 g/mol. The molecule has 1 aromatic rings. The molecule has 1 unspecified atom stereocenters. The second-order valence-corrected chi connectivity index (χ2v) is 4.62. The maximum absolute atomic E-state index is 11.4. The first kappa shape index (κ1) is 13.8. The number of carbonyl (C=O) groups is 1. The van der Waals surface area contributed by atoms with Crippen LogP contribution in [0.5, 0.6) is 0 Å². The van der Waals surface area contributed by atoms with Gasteiger partial charge in [0.2, 0.25) is 23.1 Å². The summed E-state index contributed by atoms with van der Waals surface area (Å²) in [4.78, 5) is 27.1. The SMILES string of the molecule is CN(C)c1nc(Cl)nc(N2CCOCC2C(N)=O)n1. The van der Waals surface area contributed by atoms with E-state index in [4.69, 9.17) is 22.1 Å². The number of morpholine rings is 1. The van der Waals surface area contributed by atoms with Gasteiger partial charge in [-0.2, -0.15) is 15.0 Å². The quantitative estimate of drug-likeness (QED) is 0.783. The van der Waals surface area contributed by atoms with E-state index in [0.29, 0.717) is 25.0 Å². The second kappa shape index (κ2) is 5.54. The van der Waals surface area contributed by atoms with Crippen LogP contribution in [0.3, 0.4) is 0 Å². The Kier molecular flexibility index (Phi) is 4.01. The predicted molar refractivity (Wildman–Crippen MR) is 70.3 cm³/mol. The smallest absolute Gasteiger partial charge is 0.242 e. The van der Waals surface area contributed by atoms with Gasteiger partial charge in [0.25, 0.3) is 0 Å². The second-order valence-electron chi connectivity index (χ2n) is 4.29. The summed E-state index contributed by atoms with van der Waals surface area (Å²) < 4.78 is 5.25. The molecule has 1 aliphatic heterocycles. The molecule has 0 spiro atoms. The lowest BCUT2D eigenvalue weighted by molar-refractivity contribution is -0.121. The predicted octanol–water partition coefficient (Wildman–Crippen LogP) is -0.718. The average molecular weight is 287 g/mol. The molecule has 19 heavy (non-hydrogen) atoms. The monoisotopic (exact) mass is 286 g/mol. The zero-order chi connectivity index (χ0) is 14.0. The van der Waals surface area contributed by atoms with E-state index in [9.17, 15) is 4.79 Å². The van der Waals surface area contributed by atoms with Gasteiger partial charge in [0, 0.05) is 20.6 Å². The molecule has 1 amide bonds. The van der Waals surface area contributed by atoms with Crippen LogP contribution in [-0.4, -0.2) is 60.8 Å². The van der Waals surface area contributed by atoms with Crippen LogP contribution in [0.1, 0.15) is 0 Å². The van der Waals surface area contributed by atoms with Crippen molar-refractivity contribution < 1.29 is 9.53 Å². The lowest BCUT2D eigenvalue weighted by atomic mass is 10.2. The van der Waals surface area contributed by atoms with E-state index in [-0.39, 0.29) is 11.9 Å². The van der Waals surface area contributed by atoms with Crippen molar-refractivity contribution in [2.45, 2.75) is 6.04 Å². The van der Waals surface area contributed by atoms with Crippen molar-refractivity contribution in [2.24, 2.45) is 5.73 Å². The van der Waals surface area contributed by atoms with E-state index in [1.165, 1.54) is 0 Å². The summed E-state index contributed by atoms with van der Waals surface area (Å²) in [5.74, 6) is 0.267. The van der Waals surface area contributed by atoms with Gasteiger partial charge >= 0.3 is 0 Å². The molecule has 1 aliphatic rings. The molecule has 1 aromatic heterocycles. The molecule has 0 radical (unpaired) electrons. The van der Waals surface area contributed by atoms with Crippen molar-refractivity contribution >= 4 is 29.4 Å². The van der Waals surface area contributed by atoms with Crippen molar-refractivity contribution in [2.75, 3.05) is 43.7 Å². The number of nitrogens with two attached hydrogens (primary N) is 1. The molecule has 0 aliphatic carbocycles. The van der Waals surface area contributed by atoms with Crippen LogP contribution in [0.4, 0.5) is 11.9 Å². The van der Waals surface area contributed by atoms with Crippen LogP contribution in [0.25, 0.3) is 0 Å². The number of halogens is 1. The minimum absolute atomic E-state index is 0.0726. The number of aromatic nitrogens is 3. The topological polar surface area (TPSA) is 97.5 Å². The molecule has 0 bridgehead atoms. The standard InChI is InChI=1S/C10H15ClN6O2/c1-16(2)9-13-8(11)14-10(15-9)17-3-4-19-5-6(17)7(12)18/h6H,3-5H2,1-2H3,(H2,12,18). The van der Waals surface area contributed by atoms with E-state index in [1.807, 2.05) is 0 Å². The fraction of sp³-hybridized carbons (Fsp3) is 0.600. The Bertz CT molecular complexity index is 483. The Hall–Kier alpha value is -1.67. The summed E-state index contributed by atoms with van der Waals surface area (Å²) in [6.45, 7) is 1.17. The van der Waals surface area contributed by atoms with E-state index >= 15 is 0 Å². The van der Waals surface area contributed by atoms with Crippen LogP contribution in [0.2, 0.25) is 5.28 Å². The van der Waals surface area contributed by atoms with Crippen molar-refractivity contribution in [1.82, 2.24) is 15.0 Å². The number of anilines is 2. The van der Waals surface area contributed by atoms with Crippen molar-refractivity contribution in [3.8, 4) is 0 Å². The van der Waals surface area contributed by atoms with E-state index in [1.54, 1.807) is 23.9 Å². The van der Waals surface area contributed by atoms with Crippen molar-refractivity contribution in [3.05, 3.63) is 5.28 Å². The molecule has 2 rings (SSSR count). The Morgan fingerprint density at radius 3 is 2.84 bits per heavy atom. The highest BCUT2D eigenvalue weighted by Gasteiger charge is 2.30. The molecule has 1 saturated heterocycles. The van der Waals surface area contributed by atoms with Gasteiger partial charge in [0.15, 0.2) is 0 Å². The number of carbonyl (C=O) groups excluding carboxylic acids is 1. The first-order valence-corrected chi connectivity index (χ1v) is 6.09. The minimum atomic E-state index is -0.595. The molecule has 1 atom stereocenters. The number of hydrogen-bond donors (Lipinski definition) is 1. The zero-order valence-electron chi connectivity index (χ0n) is 10.7. The third kappa shape index (κ3) is 3.02. The van der Waals surface area contributed by atoms with Gasteiger partial charge in [-0.15, -0.1) is 0 Å². The van der Waals surface area contributed by atoms with Gasteiger partial charge in [0.05, 0.1) is 13.2 Å². The highest BCUT2D eigenvalue weighted by atomic mass is 35.5. The third-order valence-corrected chi connectivity index (χ3v) is 2.87. The normalized spacial score (nSPS) is 19.3. The Morgan fingerprint density at radius 1 is 1.47 bits per heavy atom. The van der Waals surface area contributed by atoms with E-state index in [0.717, 1.165) is 0 Å². The van der Waals surface area contributed by atoms with Crippen LogP contribution >= 0.6 is 11.6 Å². The first-order chi connectivity index (χ1) is 8.99. The molecular formula is C10H15ClN6O2. The summed E-state index contributed by atoms with van der Waals surface area (Å²) in [5, 5.41) is 0.0726.